The molecule has 3 aliphatic heterocycles. The Kier molecular flexibility index (Phi) is 8.64. The quantitative estimate of drug-likeness (QED) is 0.431. The Bertz CT molecular complexity index is 1590. The predicted molar refractivity (Wildman–Crippen MR) is 163 cm³/mol. The molecule has 1 N–H and O–H groups in total. The molecule has 0 spiro atoms. The largest absolute Gasteiger partial charge is 0.381 e. The smallest absolute Gasteiger partial charge is 0.257 e. The Balaban J connectivity index is 1.30. The van der Waals surface area contributed by atoms with Crippen molar-refractivity contribution in [2.45, 2.75) is 49.9 Å². The highest BCUT2D eigenvalue weighted by Gasteiger charge is 2.46. The van der Waals surface area contributed by atoms with Gasteiger partial charge in [0, 0.05) is 61.9 Å². The Morgan fingerprint density at radius 3 is 2.45 bits per heavy atom. The summed E-state index contributed by atoms with van der Waals surface area (Å²) in [4.78, 5) is 31.6. The van der Waals surface area contributed by atoms with E-state index in [1.54, 1.807) is 29.2 Å². The number of rotatable bonds is 6. The minimum Gasteiger partial charge on any atom is -0.381 e. The van der Waals surface area contributed by atoms with Crippen LogP contribution in [0.1, 0.15) is 47.3 Å². The summed E-state index contributed by atoms with van der Waals surface area (Å²) >= 11 is 6.38. The van der Waals surface area contributed by atoms with Gasteiger partial charge in [0.05, 0.1) is 17.0 Å². The van der Waals surface area contributed by atoms with Crippen molar-refractivity contribution in [3.05, 3.63) is 70.1 Å². The lowest BCUT2D eigenvalue weighted by atomic mass is 9.71. The van der Waals surface area contributed by atoms with Crippen molar-refractivity contribution in [1.29, 1.82) is 5.26 Å². The van der Waals surface area contributed by atoms with Gasteiger partial charge < -0.3 is 24.4 Å². The lowest BCUT2D eigenvalue weighted by Gasteiger charge is -2.41. The van der Waals surface area contributed by atoms with E-state index in [1.807, 2.05) is 22.6 Å². The number of likely N-dealkylation sites (tertiary alicyclic amines) is 2. The molecule has 1 aromatic heterocycles. The molecule has 0 bridgehead atoms. The van der Waals surface area contributed by atoms with E-state index in [4.69, 9.17) is 16.3 Å². The lowest BCUT2D eigenvalue weighted by Crippen LogP contribution is -2.56. The van der Waals surface area contributed by atoms with Gasteiger partial charge in [-0.2, -0.15) is 5.26 Å². The van der Waals surface area contributed by atoms with Crippen molar-refractivity contribution < 1.29 is 23.1 Å². The highest BCUT2D eigenvalue weighted by molar-refractivity contribution is 6.31. The van der Waals surface area contributed by atoms with Crippen LogP contribution in [0.3, 0.4) is 0 Å². The Morgan fingerprint density at radius 1 is 1.11 bits per heavy atom. The molecule has 3 aromatic rings. The van der Waals surface area contributed by atoms with Crippen molar-refractivity contribution in [2.24, 2.45) is 5.92 Å². The minimum absolute atomic E-state index is 0.228. The number of amides is 2. The normalized spacial score (nSPS) is 22.7. The summed E-state index contributed by atoms with van der Waals surface area (Å²) in [7, 11) is 1.81. The summed E-state index contributed by atoms with van der Waals surface area (Å²) in [5, 5.41) is 14.3. The summed E-state index contributed by atoms with van der Waals surface area (Å²) in [6.45, 7) is 3.03. The minimum atomic E-state index is -1.19. The highest BCUT2D eigenvalue weighted by atomic mass is 35.5. The van der Waals surface area contributed by atoms with Gasteiger partial charge >= 0.3 is 0 Å². The molecule has 0 aliphatic carbocycles. The van der Waals surface area contributed by atoms with Gasteiger partial charge in [-0.05, 0) is 74.5 Å². The fourth-order valence-electron chi connectivity index (χ4n) is 7.09. The van der Waals surface area contributed by atoms with Crippen molar-refractivity contribution in [2.75, 3.05) is 46.4 Å². The van der Waals surface area contributed by atoms with Crippen molar-refractivity contribution >= 4 is 34.3 Å². The van der Waals surface area contributed by atoms with Gasteiger partial charge in [0.15, 0.2) is 0 Å². The number of benzene rings is 2. The number of nitriles is 1. The molecule has 8 nitrogen and oxygen atoms in total. The SMILES string of the molecule is CN1C[C@@H](F)[C@@H](NC(=O)C2(c3ccc(F)cc3)CCN(C(=O)c3c(C#N)n(CC4CCOCC4)c4ccc(Cl)cc34)CC2)C1. The van der Waals surface area contributed by atoms with Gasteiger partial charge in [0.25, 0.3) is 5.91 Å². The van der Waals surface area contributed by atoms with Gasteiger partial charge in [-0.15, -0.1) is 0 Å². The van der Waals surface area contributed by atoms with E-state index in [1.165, 1.54) is 12.1 Å². The molecule has 3 fully saturated rings. The molecule has 44 heavy (non-hydrogen) atoms. The third-order valence-electron chi connectivity index (χ3n) is 9.61. The maximum atomic E-state index is 14.7. The number of ether oxygens (including phenoxy) is 1. The van der Waals surface area contributed by atoms with E-state index in [-0.39, 0.29) is 44.3 Å². The van der Waals surface area contributed by atoms with Crippen molar-refractivity contribution in [3.63, 3.8) is 0 Å². The number of carbonyl (C=O) groups excluding carboxylic acids is 2. The first kappa shape index (κ1) is 30.5. The Hall–Kier alpha value is -3.52. The number of hydrogen-bond donors (Lipinski definition) is 1. The maximum Gasteiger partial charge on any atom is 0.257 e. The molecule has 3 saturated heterocycles. The first-order valence-electron chi connectivity index (χ1n) is 15.2. The monoisotopic (exact) mass is 623 g/mol. The van der Waals surface area contributed by atoms with Gasteiger partial charge in [-0.3, -0.25) is 9.59 Å². The van der Waals surface area contributed by atoms with Gasteiger partial charge in [-0.25, -0.2) is 8.78 Å². The molecule has 2 atom stereocenters. The van der Waals surface area contributed by atoms with Crippen LogP contribution >= 0.6 is 11.6 Å². The van der Waals surface area contributed by atoms with Crippen LogP contribution in [0.15, 0.2) is 42.5 Å². The first-order chi connectivity index (χ1) is 21.2. The molecule has 3 aliphatic rings. The lowest BCUT2D eigenvalue weighted by molar-refractivity contribution is -0.129. The van der Waals surface area contributed by atoms with Gasteiger partial charge in [0.1, 0.15) is 23.8 Å². The third-order valence-corrected chi connectivity index (χ3v) is 9.85. The van der Waals surface area contributed by atoms with Gasteiger partial charge in [-0.1, -0.05) is 23.7 Å². The Labute approximate surface area is 260 Å². The number of nitrogens with one attached hydrogen (secondary N) is 1. The van der Waals surface area contributed by atoms with E-state index in [9.17, 15) is 23.6 Å². The zero-order valence-electron chi connectivity index (χ0n) is 24.7. The molecular formula is C33H36ClF2N5O3. The summed E-state index contributed by atoms with van der Waals surface area (Å²) < 4.78 is 36.0. The second kappa shape index (κ2) is 12.5. The fraction of sp³-hybridized carbons (Fsp3) is 0.485. The topological polar surface area (TPSA) is 90.6 Å². The summed E-state index contributed by atoms with van der Waals surface area (Å²) in [5.74, 6) is -0.720. The summed E-state index contributed by atoms with van der Waals surface area (Å²) in [6, 6.07) is 12.8. The standard InChI is InChI=1S/C33H36ClF2N5O3/c1-39-19-26(36)27(20-39)38-32(43)33(22-2-5-24(35)6-3-22)10-12-40(13-11-33)31(42)30-25-16-23(34)4-7-28(25)41(29(30)17-37)18-21-8-14-44-15-9-21/h2-7,16,21,26-27H,8-15,18-20H2,1H3,(H,38,43)/t26-,27+/m1/s1. The van der Waals surface area contributed by atoms with E-state index in [0.29, 0.717) is 59.5 Å². The van der Waals surface area contributed by atoms with E-state index >= 15 is 0 Å². The molecule has 0 saturated carbocycles. The van der Waals surface area contributed by atoms with Crippen LogP contribution in [0.25, 0.3) is 10.9 Å². The van der Waals surface area contributed by atoms with E-state index in [0.717, 1.165) is 18.4 Å². The summed E-state index contributed by atoms with van der Waals surface area (Å²) in [6.07, 6.45) is 1.09. The fourth-order valence-corrected chi connectivity index (χ4v) is 7.27. The molecule has 4 heterocycles. The van der Waals surface area contributed by atoms with Crippen molar-refractivity contribution in [1.82, 2.24) is 19.7 Å². The number of nitrogens with zero attached hydrogens (tertiary/aromatic N) is 4. The van der Waals surface area contributed by atoms with E-state index in [2.05, 4.69) is 11.4 Å². The average molecular weight is 624 g/mol. The molecular weight excluding hydrogens is 588 g/mol. The van der Waals surface area contributed by atoms with Crippen LogP contribution < -0.4 is 5.32 Å². The van der Waals surface area contributed by atoms with Crippen LogP contribution in [0, 0.1) is 23.1 Å². The first-order valence-corrected chi connectivity index (χ1v) is 15.6. The number of alkyl halides is 1. The third kappa shape index (κ3) is 5.69. The van der Waals surface area contributed by atoms with Crippen LogP contribution in [0.2, 0.25) is 5.02 Å². The number of piperidine rings is 1. The number of carbonyl (C=O) groups is 2. The molecule has 11 heteroatoms. The molecule has 6 rings (SSSR count). The van der Waals surface area contributed by atoms with Crippen LogP contribution in [0.5, 0.6) is 0 Å². The van der Waals surface area contributed by atoms with Crippen molar-refractivity contribution in [3.8, 4) is 6.07 Å². The maximum absolute atomic E-state index is 14.7. The second-order valence-corrected chi connectivity index (χ2v) is 12.8. The van der Waals surface area contributed by atoms with E-state index < -0.39 is 23.4 Å². The number of likely N-dealkylation sites (N-methyl/N-ethyl adjacent to an activating group) is 1. The highest BCUT2D eigenvalue weighted by Crippen LogP contribution is 2.38. The Morgan fingerprint density at radius 2 is 1.82 bits per heavy atom. The second-order valence-electron chi connectivity index (χ2n) is 12.4. The van der Waals surface area contributed by atoms with Crippen LogP contribution in [0.4, 0.5) is 8.78 Å². The van der Waals surface area contributed by atoms with Crippen LogP contribution in [-0.4, -0.2) is 84.8 Å². The zero-order chi connectivity index (χ0) is 31.0. The average Bonchev–Trinajstić information content (AvgIpc) is 3.51. The molecule has 0 unspecified atom stereocenters. The molecule has 0 radical (unpaired) electrons. The number of hydrogen-bond acceptors (Lipinski definition) is 5. The zero-order valence-corrected chi connectivity index (χ0v) is 25.5. The molecule has 2 amide bonds. The van der Waals surface area contributed by atoms with Crippen LogP contribution in [-0.2, 0) is 21.5 Å². The summed E-state index contributed by atoms with van der Waals surface area (Å²) in [5.41, 5.74) is 0.947. The number of fused-ring (bicyclic) bond motifs is 1. The molecule has 232 valence electrons. The molecule has 2 aromatic carbocycles. The van der Waals surface area contributed by atoms with Gasteiger partial charge in [0.2, 0.25) is 5.91 Å². The predicted octanol–water partition coefficient (Wildman–Crippen LogP) is 4.67. The number of halogens is 3. The number of aromatic nitrogens is 1.